The van der Waals surface area contributed by atoms with Gasteiger partial charge in [-0.2, -0.15) is 0 Å². The minimum atomic E-state index is -0.722. The average molecular weight is 397 g/mol. The van der Waals surface area contributed by atoms with E-state index in [-0.39, 0.29) is 17.4 Å². The second-order valence-corrected chi connectivity index (χ2v) is 7.07. The molecule has 0 spiro atoms. The summed E-state index contributed by atoms with van der Waals surface area (Å²) in [4.78, 5) is 27.5. The Morgan fingerprint density at radius 1 is 1.28 bits per heavy atom. The van der Waals surface area contributed by atoms with Crippen LogP contribution in [0.3, 0.4) is 0 Å². The third-order valence-electron chi connectivity index (χ3n) is 5.22. The summed E-state index contributed by atoms with van der Waals surface area (Å²) in [6.45, 7) is 3.39. The molecular formula is C22H23NO6. The highest BCUT2D eigenvalue weighted by Crippen LogP contribution is 2.40. The summed E-state index contributed by atoms with van der Waals surface area (Å²) in [5, 5.41) is 10.6. The van der Waals surface area contributed by atoms with Gasteiger partial charge in [0.1, 0.15) is 5.75 Å². The molecule has 1 saturated heterocycles. The molecule has 0 aliphatic carbocycles. The normalized spacial score (nSPS) is 21.8. The molecule has 2 aliphatic heterocycles. The van der Waals surface area contributed by atoms with Crippen LogP contribution >= 0.6 is 0 Å². The number of amides is 1. The molecule has 7 heteroatoms. The predicted octanol–water partition coefficient (Wildman–Crippen LogP) is 3.44. The zero-order chi connectivity index (χ0) is 20.4. The van der Waals surface area contributed by atoms with Gasteiger partial charge in [-0.05, 0) is 49.6 Å². The molecule has 2 atom stereocenters. The Balaban J connectivity index is 1.72. The summed E-state index contributed by atoms with van der Waals surface area (Å²) < 4.78 is 16.4. The topological polar surface area (TPSA) is 89.2 Å². The highest BCUT2D eigenvalue weighted by atomic mass is 16.5. The van der Waals surface area contributed by atoms with Gasteiger partial charge in [0.25, 0.3) is 5.91 Å². The number of aliphatic hydroxyl groups excluding tert-OH is 1. The van der Waals surface area contributed by atoms with E-state index in [2.05, 4.69) is 0 Å². The van der Waals surface area contributed by atoms with Crippen molar-refractivity contribution < 1.29 is 28.6 Å². The van der Waals surface area contributed by atoms with Crippen molar-refractivity contribution in [1.29, 1.82) is 0 Å². The molecule has 2 aromatic rings. The van der Waals surface area contributed by atoms with Crippen molar-refractivity contribution in [3.63, 3.8) is 0 Å². The van der Waals surface area contributed by atoms with E-state index in [1.807, 2.05) is 6.92 Å². The van der Waals surface area contributed by atoms with Gasteiger partial charge in [0.15, 0.2) is 11.5 Å². The number of rotatable bonds is 7. The maximum Gasteiger partial charge on any atom is 0.290 e. The van der Waals surface area contributed by atoms with Crippen LogP contribution in [-0.4, -0.2) is 47.6 Å². The van der Waals surface area contributed by atoms with Gasteiger partial charge in [-0.15, -0.1) is 0 Å². The fraction of sp³-hybridized carbons (Fsp3) is 0.364. The van der Waals surface area contributed by atoms with Gasteiger partial charge in [0, 0.05) is 13.2 Å². The molecule has 152 valence electrons. The third-order valence-corrected chi connectivity index (χ3v) is 5.22. The lowest BCUT2D eigenvalue weighted by atomic mass is 9.95. The summed E-state index contributed by atoms with van der Waals surface area (Å²) in [7, 11) is 0. The molecule has 4 rings (SSSR count). The number of nitrogens with zero attached hydrogens (tertiary/aromatic N) is 1. The van der Waals surface area contributed by atoms with Gasteiger partial charge >= 0.3 is 0 Å². The largest absolute Gasteiger partial charge is 0.503 e. The van der Waals surface area contributed by atoms with Gasteiger partial charge in [0.05, 0.1) is 30.6 Å². The molecule has 1 aromatic heterocycles. The number of ketones is 1. The Morgan fingerprint density at radius 3 is 2.69 bits per heavy atom. The zero-order valence-electron chi connectivity index (χ0n) is 16.2. The fourth-order valence-electron chi connectivity index (χ4n) is 3.88. The lowest BCUT2D eigenvalue weighted by molar-refractivity contribution is -0.131. The van der Waals surface area contributed by atoms with Gasteiger partial charge in [-0.25, -0.2) is 0 Å². The summed E-state index contributed by atoms with van der Waals surface area (Å²) >= 11 is 0. The maximum atomic E-state index is 13.1. The Hall–Kier alpha value is -3.06. The monoisotopic (exact) mass is 397 g/mol. The van der Waals surface area contributed by atoms with Crippen LogP contribution in [0, 0.1) is 0 Å². The summed E-state index contributed by atoms with van der Waals surface area (Å²) in [6, 6.07) is 9.58. The van der Waals surface area contributed by atoms with Crippen LogP contribution in [0.2, 0.25) is 0 Å². The molecule has 2 aliphatic rings. The average Bonchev–Trinajstić information content (AvgIpc) is 3.47. The number of carbonyl (C=O) groups is 2. The van der Waals surface area contributed by atoms with E-state index in [1.165, 1.54) is 17.2 Å². The Bertz CT molecular complexity index is 909. The van der Waals surface area contributed by atoms with E-state index in [9.17, 15) is 14.7 Å². The Labute approximate surface area is 168 Å². The number of Topliss-reactive ketones (excluding diaryl/α,β-unsaturated/α-hetero) is 1. The lowest BCUT2D eigenvalue weighted by Crippen LogP contribution is -2.37. The zero-order valence-corrected chi connectivity index (χ0v) is 16.2. The van der Waals surface area contributed by atoms with E-state index in [4.69, 9.17) is 13.9 Å². The first kappa shape index (κ1) is 19.3. The molecule has 0 unspecified atom stereocenters. The van der Waals surface area contributed by atoms with E-state index >= 15 is 0 Å². The van der Waals surface area contributed by atoms with Crippen LogP contribution in [0.15, 0.2) is 58.4 Å². The molecule has 1 fully saturated rings. The molecule has 0 bridgehead atoms. The highest BCUT2D eigenvalue weighted by Gasteiger charge is 2.45. The first-order valence-electron chi connectivity index (χ1n) is 9.76. The van der Waals surface area contributed by atoms with Crippen molar-refractivity contribution in [3.8, 4) is 5.75 Å². The number of benzene rings is 1. The molecule has 1 amide bonds. The minimum Gasteiger partial charge on any atom is -0.503 e. The molecular weight excluding hydrogens is 374 g/mol. The first-order chi connectivity index (χ1) is 14.1. The lowest BCUT2D eigenvalue weighted by Gasteiger charge is -2.28. The second-order valence-electron chi connectivity index (χ2n) is 7.07. The highest BCUT2D eigenvalue weighted by molar-refractivity contribution is 6.15. The van der Waals surface area contributed by atoms with E-state index < -0.39 is 23.5 Å². The van der Waals surface area contributed by atoms with Crippen molar-refractivity contribution in [3.05, 3.63) is 65.3 Å². The number of furan rings is 1. The standard InChI is InChI=1S/C22H23NO6/c1-2-27-15-9-7-14(8-10-15)19-18(20(24)17-6-4-12-29-17)21(25)22(26)23(19)13-16-5-3-11-28-16/h4,6-10,12,16,19,25H,2-3,5,11,13H2,1H3/t16-,19+/m0/s1. The molecule has 29 heavy (non-hydrogen) atoms. The first-order valence-corrected chi connectivity index (χ1v) is 9.76. The van der Waals surface area contributed by atoms with Crippen molar-refractivity contribution in [1.82, 2.24) is 4.90 Å². The van der Waals surface area contributed by atoms with Crippen LogP contribution in [0.25, 0.3) is 0 Å². The van der Waals surface area contributed by atoms with E-state index in [0.29, 0.717) is 31.1 Å². The number of hydrogen-bond donors (Lipinski definition) is 1. The van der Waals surface area contributed by atoms with Gasteiger partial charge < -0.3 is 23.9 Å². The van der Waals surface area contributed by atoms with Crippen LogP contribution in [-0.2, 0) is 9.53 Å². The van der Waals surface area contributed by atoms with Gasteiger partial charge in [-0.1, -0.05) is 12.1 Å². The Morgan fingerprint density at radius 2 is 2.07 bits per heavy atom. The van der Waals surface area contributed by atoms with Crippen molar-refractivity contribution in [2.45, 2.75) is 31.9 Å². The molecule has 1 aromatic carbocycles. The summed E-state index contributed by atoms with van der Waals surface area (Å²) in [6.07, 6.45) is 3.03. The molecule has 3 heterocycles. The Kier molecular flexibility index (Phi) is 5.40. The van der Waals surface area contributed by atoms with Gasteiger partial charge in [0.2, 0.25) is 5.78 Å². The summed E-state index contributed by atoms with van der Waals surface area (Å²) in [5.41, 5.74) is 0.728. The van der Waals surface area contributed by atoms with Crippen LogP contribution in [0.4, 0.5) is 0 Å². The van der Waals surface area contributed by atoms with Crippen molar-refractivity contribution in [2.24, 2.45) is 0 Å². The maximum absolute atomic E-state index is 13.1. The fourth-order valence-corrected chi connectivity index (χ4v) is 3.88. The van der Waals surface area contributed by atoms with Gasteiger partial charge in [-0.3, -0.25) is 9.59 Å². The SMILES string of the molecule is CCOc1ccc([C@@H]2C(C(=O)c3ccco3)=C(O)C(=O)N2C[C@@H]2CCCO2)cc1. The minimum absolute atomic E-state index is 0.0205. The number of hydrogen-bond acceptors (Lipinski definition) is 6. The molecule has 0 radical (unpaired) electrons. The molecule has 7 nitrogen and oxygen atoms in total. The van der Waals surface area contributed by atoms with E-state index in [0.717, 1.165) is 12.8 Å². The second kappa shape index (κ2) is 8.13. The molecule has 0 saturated carbocycles. The summed E-state index contributed by atoms with van der Waals surface area (Å²) in [5.74, 6) is -0.847. The quantitative estimate of drug-likeness (QED) is 0.720. The van der Waals surface area contributed by atoms with E-state index in [1.54, 1.807) is 30.3 Å². The van der Waals surface area contributed by atoms with Crippen LogP contribution in [0.5, 0.6) is 5.75 Å². The predicted molar refractivity (Wildman–Crippen MR) is 104 cm³/mol. The number of ether oxygens (including phenoxy) is 2. The van der Waals surface area contributed by atoms with Crippen molar-refractivity contribution >= 4 is 11.7 Å². The third kappa shape index (κ3) is 3.65. The van der Waals surface area contributed by atoms with Crippen LogP contribution < -0.4 is 4.74 Å². The van der Waals surface area contributed by atoms with Crippen LogP contribution in [0.1, 0.15) is 41.9 Å². The number of carbonyl (C=O) groups excluding carboxylic acids is 2. The molecule has 1 N–H and O–H groups in total. The smallest absolute Gasteiger partial charge is 0.290 e. The number of aliphatic hydroxyl groups is 1. The van der Waals surface area contributed by atoms with Crippen molar-refractivity contribution in [2.75, 3.05) is 19.8 Å².